The molecule has 364 valence electrons. The van der Waals surface area contributed by atoms with E-state index in [9.17, 15) is 43.9 Å². The van der Waals surface area contributed by atoms with Crippen LogP contribution in [0.25, 0.3) is 22.8 Å². The first kappa shape index (κ1) is 52.0. The van der Waals surface area contributed by atoms with Gasteiger partial charge in [0.1, 0.15) is 19.6 Å². The molecule has 28 nitrogen and oxygen atoms in total. The molecule has 2 aliphatic heterocycles. The van der Waals surface area contributed by atoms with Gasteiger partial charge in [-0.25, -0.2) is 53.4 Å². The van der Waals surface area contributed by atoms with Gasteiger partial charge in [-0.3, -0.25) is 0 Å². The van der Waals surface area contributed by atoms with Crippen molar-refractivity contribution in [3.63, 3.8) is 0 Å². The first-order chi connectivity index (χ1) is 31.2. The van der Waals surface area contributed by atoms with Gasteiger partial charge in [0, 0.05) is 76.8 Å². The number of tetrazole rings is 2. The van der Waals surface area contributed by atoms with Gasteiger partial charge in [0.25, 0.3) is 0 Å². The SMILES string of the molecule is NC/C=C1/CCCN(c2ccc(S(=O)(=O)NC[C@H](O)CN)c(S(N)(=O)=O)c2-c2nn[nH]n2)C1.NC/C=C1\CCCN(c2ccc(S(=O)(=O)NC[C@H](O)CN)c(S(N)(=O)=O)c2-c2nn[nH]n2)C1. The molecule has 18 N–H and O–H groups in total. The van der Waals surface area contributed by atoms with Crippen LogP contribution >= 0.6 is 0 Å². The number of hydrogen-bond donors (Lipinski definition) is 12. The van der Waals surface area contributed by atoms with E-state index in [1.165, 1.54) is 12.1 Å². The fourth-order valence-electron chi connectivity index (χ4n) is 7.20. The third-order valence-corrected chi connectivity index (χ3v) is 15.4. The third kappa shape index (κ3) is 12.7. The van der Waals surface area contributed by atoms with Crippen LogP contribution in [0.2, 0.25) is 0 Å². The van der Waals surface area contributed by atoms with Crippen molar-refractivity contribution in [1.82, 2.24) is 50.7 Å². The molecule has 2 aliphatic rings. The second-order valence-corrected chi connectivity index (χ2v) is 21.3. The Balaban J connectivity index is 0.000000247. The molecule has 0 bridgehead atoms. The first-order valence-electron chi connectivity index (χ1n) is 20.0. The molecule has 4 heterocycles. The lowest BCUT2D eigenvalue weighted by molar-refractivity contribution is 0.186. The van der Waals surface area contributed by atoms with Crippen molar-refractivity contribution in [2.45, 2.75) is 57.5 Å². The number of rotatable bonds is 18. The average molecular weight is 1000 g/mol. The van der Waals surface area contributed by atoms with Crippen LogP contribution in [-0.4, -0.2) is 163 Å². The van der Waals surface area contributed by atoms with E-state index in [4.69, 9.17) is 33.2 Å². The van der Waals surface area contributed by atoms with Crippen LogP contribution in [-0.2, 0) is 40.1 Å². The van der Waals surface area contributed by atoms with E-state index >= 15 is 0 Å². The summed E-state index contributed by atoms with van der Waals surface area (Å²) in [5.41, 5.74) is 24.6. The predicted molar refractivity (Wildman–Crippen MR) is 240 cm³/mol. The summed E-state index contributed by atoms with van der Waals surface area (Å²) in [6.45, 7) is 1.58. The van der Waals surface area contributed by atoms with E-state index in [0.717, 1.165) is 49.0 Å². The smallest absolute Gasteiger partial charge is 0.242 e. The predicted octanol–water partition coefficient (Wildman–Crippen LogP) is -4.81. The fourth-order valence-corrected chi connectivity index (χ4v) is 12.5. The van der Waals surface area contributed by atoms with Gasteiger partial charge < -0.3 is 42.9 Å². The summed E-state index contributed by atoms with van der Waals surface area (Å²) in [7, 11) is -18.0. The van der Waals surface area contributed by atoms with Crippen LogP contribution in [0.3, 0.4) is 0 Å². The Morgan fingerprint density at radius 1 is 0.636 bits per heavy atom. The van der Waals surface area contributed by atoms with Gasteiger partial charge >= 0.3 is 0 Å². The number of primary sulfonamides is 2. The topological polar surface area (TPSA) is 473 Å². The van der Waals surface area contributed by atoms with Crippen molar-refractivity contribution >= 4 is 51.5 Å². The fraction of sp³-hybridized carbons (Fsp3) is 0.471. The number of aromatic nitrogens is 8. The lowest BCUT2D eigenvalue weighted by Gasteiger charge is -2.32. The lowest BCUT2D eigenvalue weighted by atomic mass is 10.0. The van der Waals surface area contributed by atoms with Gasteiger partial charge in [-0.15, -0.1) is 20.4 Å². The molecule has 2 atom stereocenters. The molecular formula is C34H54N18O10S4. The number of nitrogens with two attached hydrogens (primary N) is 6. The molecule has 0 radical (unpaired) electrons. The number of nitrogens with one attached hydrogen (secondary N) is 4. The minimum atomic E-state index is -4.59. The summed E-state index contributed by atoms with van der Waals surface area (Å²) >= 11 is 0. The van der Waals surface area contributed by atoms with Gasteiger partial charge in [0.05, 0.1) is 23.3 Å². The Bertz CT molecular complexity index is 2620. The minimum absolute atomic E-state index is 0.0949. The highest BCUT2D eigenvalue weighted by Crippen LogP contribution is 2.41. The van der Waals surface area contributed by atoms with E-state index in [1.807, 2.05) is 22.0 Å². The number of hydrogen-bond acceptors (Lipinski definition) is 22. The monoisotopic (exact) mass is 1000 g/mol. The molecule has 0 aliphatic carbocycles. The maximum absolute atomic E-state index is 13.0. The summed E-state index contributed by atoms with van der Waals surface area (Å²) in [6.07, 6.45) is 4.71. The summed E-state index contributed by atoms with van der Waals surface area (Å²) in [5, 5.41) is 57.3. The molecule has 2 fully saturated rings. The van der Waals surface area contributed by atoms with E-state index in [2.05, 4.69) is 50.7 Å². The quantitative estimate of drug-likeness (QED) is 0.0416. The number of aliphatic hydroxyl groups is 2. The molecule has 32 heteroatoms. The van der Waals surface area contributed by atoms with Crippen LogP contribution < -0.4 is 52.5 Å². The largest absolute Gasteiger partial charge is 0.390 e. The van der Waals surface area contributed by atoms with Crippen molar-refractivity contribution in [1.29, 1.82) is 0 Å². The van der Waals surface area contributed by atoms with Gasteiger partial charge in [-0.1, -0.05) is 23.3 Å². The highest BCUT2D eigenvalue weighted by atomic mass is 32.2. The zero-order valence-corrected chi connectivity index (χ0v) is 38.6. The average Bonchev–Trinajstić information content (AvgIpc) is 4.03. The number of aromatic amines is 2. The van der Waals surface area contributed by atoms with Gasteiger partial charge in [0.2, 0.25) is 51.7 Å². The maximum Gasteiger partial charge on any atom is 0.242 e. The van der Waals surface area contributed by atoms with Crippen molar-refractivity contribution < 1.29 is 43.9 Å². The number of anilines is 2. The normalized spacial score (nSPS) is 17.5. The van der Waals surface area contributed by atoms with Gasteiger partial charge in [0.15, 0.2) is 0 Å². The van der Waals surface area contributed by atoms with Crippen molar-refractivity contribution in [2.75, 3.05) is 75.2 Å². The van der Waals surface area contributed by atoms with Crippen molar-refractivity contribution in [2.24, 2.45) is 33.2 Å². The van der Waals surface area contributed by atoms with Crippen LogP contribution in [0.4, 0.5) is 11.4 Å². The maximum atomic E-state index is 13.0. The number of nitrogens with zero attached hydrogens (tertiary/aromatic N) is 8. The molecule has 0 amide bonds. The van der Waals surface area contributed by atoms with Gasteiger partial charge in [-0.05, 0) is 60.4 Å². The molecule has 2 aromatic heterocycles. The van der Waals surface area contributed by atoms with Gasteiger partial charge in [-0.2, -0.15) is 10.4 Å². The van der Waals surface area contributed by atoms with Crippen LogP contribution in [0.5, 0.6) is 0 Å². The van der Waals surface area contributed by atoms with E-state index in [0.29, 0.717) is 50.6 Å². The minimum Gasteiger partial charge on any atom is -0.390 e. The number of sulfonamides is 4. The zero-order valence-electron chi connectivity index (χ0n) is 35.4. The van der Waals surface area contributed by atoms with Crippen molar-refractivity contribution in [3.05, 3.63) is 47.6 Å². The molecular weight excluding hydrogens is 949 g/mol. The molecule has 2 saturated heterocycles. The number of H-pyrrole nitrogens is 2. The molecule has 66 heavy (non-hydrogen) atoms. The molecule has 4 aromatic rings. The van der Waals surface area contributed by atoms with Crippen LogP contribution in [0, 0.1) is 0 Å². The third-order valence-electron chi connectivity index (χ3n) is 10.2. The molecule has 0 spiro atoms. The highest BCUT2D eigenvalue weighted by molar-refractivity contribution is 7.93. The molecule has 2 aromatic carbocycles. The Hall–Kier alpha value is -4.94. The lowest BCUT2D eigenvalue weighted by Crippen LogP contribution is -2.37. The molecule has 6 rings (SSSR count). The molecule has 0 unspecified atom stereocenters. The Morgan fingerprint density at radius 2 is 1.02 bits per heavy atom. The van der Waals surface area contributed by atoms with E-state index in [1.54, 1.807) is 0 Å². The summed E-state index contributed by atoms with van der Waals surface area (Å²) < 4.78 is 107. The summed E-state index contributed by atoms with van der Waals surface area (Å²) in [4.78, 5) is 1.21. The highest BCUT2D eigenvalue weighted by Gasteiger charge is 2.36. The zero-order chi connectivity index (χ0) is 48.5. The second-order valence-electron chi connectivity index (χ2n) is 14.9. The Morgan fingerprint density at radius 3 is 1.32 bits per heavy atom. The summed E-state index contributed by atoms with van der Waals surface area (Å²) in [5.74, 6) is -0.272. The Labute approximate surface area is 380 Å². The standard InChI is InChI=1S/2C17H27N9O5S2/c2*18-6-5-11-2-1-7-26(10-11)13-3-4-14(33(30,31)21-9-12(27)8-19)16(32(20,28)29)15(13)17-22-24-25-23-17/h2*3-5,12,21,27H,1-2,6-10,18-19H2,(H2,20,28,29)(H,22,23,24,25)/b11-5+;11-5-/t2*12-/m11/s1. The summed E-state index contributed by atoms with van der Waals surface area (Å²) in [6, 6.07) is 5.24. The Kier molecular flexibility index (Phi) is 17.5. The van der Waals surface area contributed by atoms with Crippen molar-refractivity contribution in [3.8, 4) is 22.8 Å². The van der Waals surface area contributed by atoms with E-state index < -0.39 is 85.0 Å². The molecule has 0 saturated carbocycles. The van der Waals surface area contributed by atoms with Crippen LogP contribution in [0.15, 0.2) is 67.1 Å². The number of aliphatic hydroxyl groups excluding tert-OH is 2. The number of piperidine rings is 2. The van der Waals surface area contributed by atoms with Crippen LogP contribution in [0.1, 0.15) is 25.7 Å². The van der Waals surface area contributed by atoms with E-state index in [-0.39, 0.29) is 35.9 Å². The second kappa shape index (κ2) is 22.2. The first-order valence-corrected chi connectivity index (χ1v) is 26.1. The number of benzene rings is 2.